The number of carbonyl (C=O) groups is 1. The number of rotatable bonds is 2. The summed E-state index contributed by atoms with van der Waals surface area (Å²) in [5.74, 6) is -1.43. The van der Waals surface area contributed by atoms with Gasteiger partial charge in [-0.3, -0.25) is 4.79 Å². The molecule has 0 aromatic carbocycles. The molecule has 0 aliphatic heterocycles. The van der Waals surface area contributed by atoms with Crippen LogP contribution in [0, 0.1) is 0 Å². The first kappa shape index (κ1) is 13.0. The zero-order valence-electron chi connectivity index (χ0n) is 7.48. The fourth-order valence-corrected chi connectivity index (χ4v) is 1.23. The summed E-state index contributed by atoms with van der Waals surface area (Å²) in [5, 5.41) is 1.55. The molecule has 1 aromatic heterocycles. The molecular weight excluding hydrogens is 270 g/mol. The zero-order valence-corrected chi connectivity index (χ0v) is 8.99. The third-order valence-electron chi connectivity index (χ3n) is 1.30. The van der Waals surface area contributed by atoms with Crippen molar-refractivity contribution in [2.75, 3.05) is 5.32 Å². The van der Waals surface area contributed by atoms with E-state index in [1.165, 1.54) is 0 Å². The lowest BCUT2D eigenvalue weighted by Crippen LogP contribution is -2.21. The van der Waals surface area contributed by atoms with E-state index in [4.69, 9.17) is 23.2 Å². The van der Waals surface area contributed by atoms with Crippen LogP contribution in [0.4, 0.5) is 19.0 Å². The molecule has 0 unspecified atom stereocenters. The molecule has 1 N–H and O–H groups in total. The van der Waals surface area contributed by atoms with E-state index in [1.54, 1.807) is 0 Å². The Morgan fingerprint density at radius 2 is 2.00 bits per heavy atom. The van der Waals surface area contributed by atoms with Gasteiger partial charge in [0.05, 0.1) is 0 Å². The highest BCUT2D eigenvalue weighted by Gasteiger charge is 2.31. The molecule has 0 bridgehead atoms. The van der Waals surface area contributed by atoms with Crippen molar-refractivity contribution in [3.8, 4) is 0 Å². The number of alkyl halides is 3. The molecule has 1 heterocycles. The maximum atomic E-state index is 11.8. The average Bonchev–Trinajstić information content (AvgIpc) is 1.96. The Balaban J connectivity index is 2.70. The molecular formula is C7H4Cl2F3N3O. The summed E-state index contributed by atoms with van der Waals surface area (Å²) in [6.45, 7) is 0. The van der Waals surface area contributed by atoms with Gasteiger partial charge in [0.2, 0.25) is 11.2 Å². The van der Waals surface area contributed by atoms with E-state index in [0.29, 0.717) is 0 Å². The molecule has 1 rings (SSSR count). The lowest BCUT2D eigenvalue weighted by atomic mass is 10.4. The van der Waals surface area contributed by atoms with Crippen molar-refractivity contribution in [1.82, 2.24) is 9.97 Å². The summed E-state index contributed by atoms with van der Waals surface area (Å²) in [6.07, 6.45) is -6.18. The maximum Gasteiger partial charge on any atom is 0.397 e. The van der Waals surface area contributed by atoms with E-state index < -0.39 is 18.5 Å². The van der Waals surface area contributed by atoms with Gasteiger partial charge in [0, 0.05) is 6.07 Å². The molecule has 0 aliphatic rings. The number of nitrogens with zero attached hydrogens (tertiary/aromatic N) is 2. The normalized spacial score (nSPS) is 11.3. The van der Waals surface area contributed by atoms with Crippen LogP contribution < -0.4 is 5.32 Å². The minimum Gasteiger partial charge on any atom is -0.310 e. The Labute approximate surface area is 97.8 Å². The highest BCUT2D eigenvalue weighted by Crippen LogP contribution is 2.21. The van der Waals surface area contributed by atoms with Crippen LogP contribution in [0.5, 0.6) is 0 Å². The van der Waals surface area contributed by atoms with Crippen molar-refractivity contribution >= 4 is 34.9 Å². The molecule has 0 radical (unpaired) electrons. The zero-order chi connectivity index (χ0) is 12.3. The number of hydrogen-bond acceptors (Lipinski definition) is 3. The summed E-state index contributed by atoms with van der Waals surface area (Å²) >= 11 is 10.8. The molecule has 0 aliphatic carbocycles. The van der Waals surface area contributed by atoms with Gasteiger partial charge in [0.15, 0.2) is 0 Å². The van der Waals surface area contributed by atoms with Gasteiger partial charge >= 0.3 is 6.18 Å². The first-order chi connectivity index (χ1) is 7.26. The molecule has 88 valence electrons. The molecule has 0 spiro atoms. The van der Waals surface area contributed by atoms with Crippen molar-refractivity contribution in [3.63, 3.8) is 0 Å². The summed E-state index contributed by atoms with van der Waals surface area (Å²) in [5.41, 5.74) is 0. The minimum absolute atomic E-state index is 0.0812. The quantitative estimate of drug-likeness (QED) is 0.666. The van der Waals surface area contributed by atoms with E-state index in [9.17, 15) is 18.0 Å². The van der Waals surface area contributed by atoms with Gasteiger partial charge in [0.25, 0.3) is 0 Å². The fraction of sp³-hybridized carbons (Fsp3) is 0.286. The summed E-state index contributed by atoms with van der Waals surface area (Å²) in [7, 11) is 0. The highest BCUT2D eigenvalue weighted by molar-refractivity contribution is 6.32. The SMILES string of the molecule is O=C(CC(F)(F)F)Nc1cc(Cl)nc(Cl)n1. The van der Waals surface area contributed by atoms with Crippen LogP contribution in [0.2, 0.25) is 10.4 Å². The van der Waals surface area contributed by atoms with Crippen molar-refractivity contribution in [1.29, 1.82) is 0 Å². The third kappa shape index (κ3) is 4.63. The minimum atomic E-state index is -4.58. The summed E-state index contributed by atoms with van der Waals surface area (Å²) in [4.78, 5) is 17.8. The van der Waals surface area contributed by atoms with Gasteiger partial charge in [-0.2, -0.15) is 13.2 Å². The van der Waals surface area contributed by atoms with Gasteiger partial charge in [-0.05, 0) is 11.6 Å². The van der Waals surface area contributed by atoms with Crippen LogP contribution in [0.25, 0.3) is 0 Å². The fourth-order valence-electron chi connectivity index (χ4n) is 0.823. The van der Waals surface area contributed by atoms with Crippen molar-refractivity contribution in [2.45, 2.75) is 12.6 Å². The number of halogens is 5. The van der Waals surface area contributed by atoms with Gasteiger partial charge in [0.1, 0.15) is 17.4 Å². The van der Waals surface area contributed by atoms with Gasteiger partial charge < -0.3 is 5.32 Å². The molecule has 0 saturated heterocycles. The first-order valence-corrected chi connectivity index (χ1v) is 4.58. The monoisotopic (exact) mass is 273 g/mol. The van der Waals surface area contributed by atoms with Crippen molar-refractivity contribution < 1.29 is 18.0 Å². The maximum absolute atomic E-state index is 11.8. The Morgan fingerprint density at radius 3 is 2.50 bits per heavy atom. The highest BCUT2D eigenvalue weighted by atomic mass is 35.5. The third-order valence-corrected chi connectivity index (χ3v) is 1.66. The largest absolute Gasteiger partial charge is 0.397 e. The van der Waals surface area contributed by atoms with E-state index in [2.05, 4.69) is 9.97 Å². The van der Waals surface area contributed by atoms with Crippen LogP contribution in [0.1, 0.15) is 6.42 Å². The van der Waals surface area contributed by atoms with Crippen molar-refractivity contribution in [3.05, 3.63) is 16.5 Å². The molecule has 0 fully saturated rings. The van der Waals surface area contributed by atoms with E-state index in [1.807, 2.05) is 5.32 Å². The Bertz CT molecular complexity index is 390. The number of hydrogen-bond donors (Lipinski definition) is 1. The predicted octanol–water partition coefficient (Wildman–Crippen LogP) is 2.67. The van der Waals surface area contributed by atoms with Gasteiger partial charge in [-0.1, -0.05) is 11.6 Å². The molecule has 1 aromatic rings. The molecule has 1 amide bonds. The van der Waals surface area contributed by atoms with Crippen LogP contribution in [-0.4, -0.2) is 22.1 Å². The van der Waals surface area contributed by atoms with Gasteiger partial charge in [-0.15, -0.1) is 0 Å². The number of aromatic nitrogens is 2. The number of carbonyl (C=O) groups excluding carboxylic acids is 1. The average molecular weight is 274 g/mol. The van der Waals surface area contributed by atoms with E-state index in [0.717, 1.165) is 6.07 Å². The topological polar surface area (TPSA) is 54.9 Å². The smallest absolute Gasteiger partial charge is 0.310 e. The van der Waals surface area contributed by atoms with Gasteiger partial charge in [-0.25, -0.2) is 9.97 Å². The molecule has 16 heavy (non-hydrogen) atoms. The number of amides is 1. The van der Waals surface area contributed by atoms with Crippen LogP contribution in [0.15, 0.2) is 6.07 Å². The molecule has 9 heteroatoms. The second-order valence-electron chi connectivity index (χ2n) is 2.69. The molecule has 0 saturated carbocycles. The second kappa shape index (κ2) is 4.84. The van der Waals surface area contributed by atoms with Crippen LogP contribution >= 0.6 is 23.2 Å². The molecule has 0 atom stereocenters. The summed E-state index contributed by atoms with van der Waals surface area (Å²) < 4.78 is 35.5. The lowest BCUT2D eigenvalue weighted by molar-refractivity contribution is -0.150. The van der Waals surface area contributed by atoms with E-state index in [-0.39, 0.29) is 16.3 Å². The summed E-state index contributed by atoms with van der Waals surface area (Å²) in [6, 6.07) is 1.09. The first-order valence-electron chi connectivity index (χ1n) is 3.83. The van der Waals surface area contributed by atoms with Crippen LogP contribution in [0.3, 0.4) is 0 Å². The predicted molar refractivity (Wildman–Crippen MR) is 51.4 cm³/mol. The number of nitrogens with one attached hydrogen (secondary N) is 1. The number of anilines is 1. The Morgan fingerprint density at radius 1 is 1.38 bits per heavy atom. The molecule has 4 nitrogen and oxygen atoms in total. The van der Waals surface area contributed by atoms with Crippen LogP contribution in [-0.2, 0) is 4.79 Å². The standard InChI is InChI=1S/C7H4Cl2F3N3O/c8-3-1-4(15-6(9)13-3)14-5(16)2-7(10,11)12/h1H,2H2,(H,13,14,15,16). The lowest BCUT2D eigenvalue weighted by Gasteiger charge is -2.07. The van der Waals surface area contributed by atoms with E-state index >= 15 is 0 Å². The van der Waals surface area contributed by atoms with Crippen molar-refractivity contribution in [2.24, 2.45) is 0 Å². The Kier molecular flexibility index (Phi) is 3.93. The second-order valence-corrected chi connectivity index (χ2v) is 3.41. The Hall–Kier alpha value is -1.08.